The lowest BCUT2D eigenvalue weighted by molar-refractivity contribution is 0.0388. The number of piperazine rings is 1. The lowest BCUT2D eigenvalue weighted by Gasteiger charge is -2.35. The van der Waals surface area contributed by atoms with Crippen LogP contribution in [0.1, 0.15) is 10.4 Å². The number of esters is 1. The van der Waals surface area contributed by atoms with E-state index in [1.165, 1.54) is 5.69 Å². The second-order valence-electron chi connectivity index (χ2n) is 7.54. The quantitative estimate of drug-likeness (QED) is 0.317. The molecule has 1 aliphatic heterocycles. The maximum Gasteiger partial charge on any atom is 0.338 e. The lowest BCUT2D eigenvalue weighted by Crippen LogP contribution is -2.46. The number of fused-ring (bicyclic) bond motifs is 1. The highest BCUT2D eigenvalue weighted by Crippen LogP contribution is 2.24. The van der Waals surface area contributed by atoms with E-state index in [-0.39, 0.29) is 12.6 Å². The molecule has 0 amide bonds. The Bertz CT molecular complexity index is 1050. The van der Waals surface area contributed by atoms with Crippen molar-refractivity contribution in [1.82, 2.24) is 14.5 Å². The summed E-state index contributed by atoms with van der Waals surface area (Å²) in [5.41, 5.74) is 4.44. The molecule has 31 heavy (non-hydrogen) atoms. The lowest BCUT2D eigenvalue weighted by atomic mass is 10.2. The van der Waals surface area contributed by atoms with Crippen molar-refractivity contribution in [3.05, 3.63) is 67.0 Å². The summed E-state index contributed by atoms with van der Waals surface area (Å²) in [6.07, 6.45) is 3.76. The number of carbonyl (C=O) groups is 1. The number of imidazole rings is 1. The van der Waals surface area contributed by atoms with E-state index in [1.807, 2.05) is 16.7 Å². The number of ether oxygens (including phenoxy) is 2. The molecule has 0 saturated carbocycles. The minimum atomic E-state index is -0.369. The fourth-order valence-corrected chi connectivity index (χ4v) is 3.86. The normalized spacial score (nSPS) is 14.7. The molecule has 0 unspecified atom stereocenters. The fourth-order valence-electron chi connectivity index (χ4n) is 3.86. The summed E-state index contributed by atoms with van der Waals surface area (Å²) in [5, 5.41) is 0. The Morgan fingerprint density at radius 1 is 1.10 bits per heavy atom. The first-order valence-electron chi connectivity index (χ1n) is 10.5. The minimum Gasteiger partial charge on any atom is -0.460 e. The molecule has 0 N–H and O–H groups in total. The monoisotopic (exact) mass is 420 g/mol. The molecule has 1 aliphatic rings. The van der Waals surface area contributed by atoms with Crippen LogP contribution in [0, 0.1) is 0 Å². The van der Waals surface area contributed by atoms with Gasteiger partial charge < -0.3 is 14.4 Å². The van der Waals surface area contributed by atoms with E-state index >= 15 is 0 Å². The summed E-state index contributed by atoms with van der Waals surface area (Å²) in [6.45, 7) is 9.45. The van der Waals surface area contributed by atoms with Gasteiger partial charge in [-0.05, 0) is 36.4 Å². The molecule has 162 valence electrons. The highest BCUT2D eigenvalue weighted by Gasteiger charge is 2.17. The summed E-state index contributed by atoms with van der Waals surface area (Å²) in [6, 6.07) is 14.0. The topological polar surface area (TPSA) is 59.8 Å². The summed E-state index contributed by atoms with van der Waals surface area (Å²) in [5.74, 6) is -0.369. The van der Waals surface area contributed by atoms with Gasteiger partial charge >= 0.3 is 5.97 Å². The van der Waals surface area contributed by atoms with E-state index in [2.05, 4.69) is 45.6 Å². The molecule has 0 aliphatic carbocycles. The average Bonchev–Trinajstić information content (AvgIpc) is 3.23. The summed E-state index contributed by atoms with van der Waals surface area (Å²) >= 11 is 0. The van der Waals surface area contributed by atoms with Crippen molar-refractivity contribution in [3.63, 3.8) is 0 Å². The Balaban J connectivity index is 1.52. The molecule has 0 spiro atoms. The Labute approximate surface area is 182 Å². The van der Waals surface area contributed by atoms with Crippen LogP contribution in [0.5, 0.6) is 0 Å². The number of anilines is 1. The first-order chi connectivity index (χ1) is 15.2. The zero-order chi connectivity index (χ0) is 21.6. The van der Waals surface area contributed by atoms with Gasteiger partial charge in [0.25, 0.3) is 0 Å². The van der Waals surface area contributed by atoms with E-state index in [9.17, 15) is 4.79 Å². The summed E-state index contributed by atoms with van der Waals surface area (Å²) in [7, 11) is 1.57. The molecule has 1 saturated heterocycles. The standard InChI is InChI=1S/C24H28N4O3/c1-3-9-26-10-12-27(13-11-26)20-5-4-6-21(17-20)28-18-25-22-16-19(7-8-23(22)28)24(29)31-15-14-30-2/h3-8,16-18H,1,9-15H2,2H3. The molecular weight excluding hydrogens is 392 g/mol. The molecule has 2 heterocycles. The van der Waals surface area contributed by atoms with Crippen molar-refractivity contribution in [1.29, 1.82) is 0 Å². The van der Waals surface area contributed by atoms with Crippen molar-refractivity contribution >= 4 is 22.7 Å². The van der Waals surface area contributed by atoms with Gasteiger partial charge in [-0.1, -0.05) is 12.1 Å². The van der Waals surface area contributed by atoms with Gasteiger partial charge in [-0.15, -0.1) is 6.58 Å². The molecule has 1 aromatic heterocycles. The van der Waals surface area contributed by atoms with Gasteiger partial charge in [0.1, 0.15) is 12.9 Å². The van der Waals surface area contributed by atoms with Crippen LogP contribution in [0.2, 0.25) is 0 Å². The van der Waals surface area contributed by atoms with Gasteiger partial charge in [0, 0.05) is 51.2 Å². The van der Waals surface area contributed by atoms with E-state index in [0.29, 0.717) is 12.2 Å². The second kappa shape index (κ2) is 9.76. The molecular formula is C24H28N4O3. The summed E-state index contributed by atoms with van der Waals surface area (Å²) < 4.78 is 12.2. The van der Waals surface area contributed by atoms with Gasteiger partial charge in [-0.3, -0.25) is 9.47 Å². The Morgan fingerprint density at radius 3 is 2.68 bits per heavy atom. The highest BCUT2D eigenvalue weighted by molar-refractivity contribution is 5.94. The van der Waals surface area contributed by atoms with E-state index in [1.54, 1.807) is 25.6 Å². The molecule has 2 aromatic carbocycles. The fraction of sp³-hybridized carbons (Fsp3) is 0.333. The van der Waals surface area contributed by atoms with Crippen LogP contribution >= 0.6 is 0 Å². The maximum atomic E-state index is 12.2. The smallest absolute Gasteiger partial charge is 0.338 e. The molecule has 1 fully saturated rings. The van der Waals surface area contributed by atoms with Crippen molar-refractivity contribution in [2.75, 3.05) is 57.9 Å². The van der Waals surface area contributed by atoms with Crippen LogP contribution in [-0.2, 0) is 9.47 Å². The van der Waals surface area contributed by atoms with Crippen molar-refractivity contribution in [2.45, 2.75) is 0 Å². The van der Waals surface area contributed by atoms with Gasteiger partial charge in [0.15, 0.2) is 0 Å². The van der Waals surface area contributed by atoms with Gasteiger partial charge in [-0.2, -0.15) is 0 Å². The SMILES string of the molecule is C=CCN1CCN(c2cccc(-n3cnc4cc(C(=O)OCCOC)ccc43)c2)CC1. The number of benzene rings is 2. The van der Waals surface area contributed by atoms with Gasteiger partial charge in [-0.25, -0.2) is 9.78 Å². The first kappa shape index (κ1) is 21.1. The number of methoxy groups -OCH3 is 1. The Morgan fingerprint density at radius 2 is 1.90 bits per heavy atom. The molecule has 0 bridgehead atoms. The summed E-state index contributed by atoms with van der Waals surface area (Å²) in [4.78, 5) is 21.5. The van der Waals surface area contributed by atoms with Crippen LogP contribution in [0.4, 0.5) is 5.69 Å². The van der Waals surface area contributed by atoms with E-state index in [0.717, 1.165) is 49.4 Å². The Kier molecular flexibility index (Phi) is 6.64. The number of nitrogens with zero attached hydrogens (tertiary/aromatic N) is 4. The molecule has 0 radical (unpaired) electrons. The number of aromatic nitrogens is 2. The van der Waals surface area contributed by atoms with Gasteiger partial charge in [0.2, 0.25) is 0 Å². The van der Waals surface area contributed by atoms with E-state index in [4.69, 9.17) is 9.47 Å². The zero-order valence-electron chi connectivity index (χ0n) is 17.9. The third kappa shape index (κ3) is 4.78. The maximum absolute atomic E-state index is 12.2. The average molecular weight is 421 g/mol. The number of rotatable bonds is 8. The minimum absolute atomic E-state index is 0.233. The van der Waals surface area contributed by atoms with Crippen molar-refractivity contribution in [3.8, 4) is 5.69 Å². The van der Waals surface area contributed by atoms with Crippen LogP contribution in [0.15, 0.2) is 61.4 Å². The number of carbonyl (C=O) groups excluding carboxylic acids is 1. The molecule has 3 aromatic rings. The van der Waals surface area contributed by atoms with Crippen LogP contribution in [0.25, 0.3) is 16.7 Å². The Hall–Kier alpha value is -3.16. The first-order valence-corrected chi connectivity index (χ1v) is 10.5. The largest absolute Gasteiger partial charge is 0.460 e. The van der Waals surface area contributed by atoms with Crippen molar-refractivity contribution in [2.24, 2.45) is 0 Å². The third-order valence-corrected chi connectivity index (χ3v) is 5.54. The van der Waals surface area contributed by atoms with Crippen LogP contribution in [0.3, 0.4) is 0 Å². The molecule has 0 atom stereocenters. The highest BCUT2D eigenvalue weighted by atomic mass is 16.6. The third-order valence-electron chi connectivity index (χ3n) is 5.54. The predicted octanol–water partition coefficient (Wildman–Crippen LogP) is 3.14. The predicted molar refractivity (Wildman–Crippen MR) is 122 cm³/mol. The van der Waals surface area contributed by atoms with E-state index < -0.39 is 0 Å². The number of hydrogen-bond donors (Lipinski definition) is 0. The van der Waals surface area contributed by atoms with Crippen molar-refractivity contribution < 1.29 is 14.3 Å². The van der Waals surface area contributed by atoms with Crippen LogP contribution in [-0.4, -0.2) is 73.5 Å². The second-order valence-corrected chi connectivity index (χ2v) is 7.54. The van der Waals surface area contributed by atoms with Gasteiger partial charge in [0.05, 0.1) is 23.2 Å². The molecule has 7 heteroatoms. The van der Waals surface area contributed by atoms with Crippen LogP contribution < -0.4 is 4.90 Å². The molecule has 7 nitrogen and oxygen atoms in total. The molecule has 4 rings (SSSR count). The zero-order valence-corrected chi connectivity index (χ0v) is 17.9. The number of hydrogen-bond acceptors (Lipinski definition) is 6.